The molecule has 0 aromatic rings. The Morgan fingerprint density at radius 1 is 1.26 bits per heavy atom. The molecule has 1 N–H and O–H groups in total. The highest BCUT2D eigenvalue weighted by Gasteiger charge is 2.71. The lowest BCUT2D eigenvalue weighted by molar-refractivity contribution is -0.433. The average Bonchev–Trinajstić information content (AvgIpc) is 3.36. The molecule has 0 aromatic heterocycles. The molecule has 4 aliphatic rings. The molecule has 1 heterocycles. The molecule has 0 spiro atoms. The zero-order chi connectivity index (χ0) is 22.4. The van der Waals surface area contributed by atoms with Gasteiger partial charge in [-0.15, -0.1) is 4.33 Å². The summed E-state index contributed by atoms with van der Waals surface area (Å²) in [6, 6.07) is 0. The van der Waals surface area contributed by atoms with Gasteiger partial charge in [0, 0.05) is 11.8 Å². The van der Waals surface area contributed by atoms with Gasteiger partial charge in [-0.25, -0.2) is 10.1 Å². The van der Waals surface area contributed by atoms with Crippen LogP contribution in [0.15, 0.2) is 0 Å². The van der Waals surface area contributed by atoms with Gasteiger partial charge in [-0.1, -0.05) is 18.4 Å². The molecule has 3 aliphatic carbocycles. The normalized spacial score (nSPS) is 35.7. The molecule has 6 atom stereocenters. The van der Waals surface area contributed by atoms with Crippen LogP contribution >= 0.6 is 12.0 Å². The molecule has 1 saturated heterocycles. The third-order valence-corrected chi connectivity index (χ3v) is 7.70. The topological polar surface area (TPSA) is 118 Å². The molecule has 12 heteroatoms. The van der Waals surface area contributed by atoms with E-state index in [4.69, 9.17) is 19.5 Å². The van der Waals surface area contributed by atoms with Crippen molar-refractivity contribution in [1.82, 2.24) is 0 Å². The van der Waals surface area contributed by atoms with Gasteiger partial charge in [0.1, 0.15) is 29.9 Å². The van der Waals surface area contributed by atoms with Crippen LogP contribution in [0.3, 0.4) is 0 Å². The lowest BCUT2D eigenvalue weighted by atomic mass is 9.77. The van der Waals surface area contributed by atoms with Crippen molar-refractivity contribution in [3.8, 4) is 0 Å². The highest BCUT2D eigenvalue weighted by Crippen LogP contribution is 2.59. The number of halogens is 2. The van der Waals surface area contributed by atoms with Crippen molar-refractivity contribution in [3.63, 3.8) is 0 Å². The summed E-state index contributed by atoms with van der Waals surface area (Å²) in [4.78, 5) is 37.6. The first-order chi connectivity index (χ1) is 14.7. The number of ether oxygens (including phenoxy) is 3. The second-order valence-electron chi connectivity index (χ2n) is 8.65. The van der Waals surface area contributed by atoms with Crippen LogP contribution in [0.4, 0.5) is 8.78 Å². The molecule has 0 amide bonds. The smallest absolute Gasteiger partial charge is 0.415 e. The van der Waals surface area contributed by atoms with Crippen molar-refractivity contribution < 1.29 is 52.0 Å². The Bertz CT molecular complexity index is 742. The van der Waals surface area contributed by atoms with Gasteiger partial charge in [-0.3, -0.25) is 9.59 Å². The van der Waals surface area contributed by atoms with Crippen LogP contribution < -0.4 is 0 Å². The zero-order valence-corrected chi connectivity index (χ0v) is 17.6. The fraction of sp³-hybridized carbons (Fsp3) is 0.842. The van der Waals surface area contributed by atoms with E-state index in [1.54, 1.807) is 0 Å². The molecule has 174 valence electrons. The third kappa shape index (κ3) is 3.91. The molecule has 2 bridgehead atoms. The number of carbonyl (C=O) groups excluding carboxylic acids is 3. The number of carbonyl (C=O) groups is 3. The highest BCUT2D eigenvalue weighted by molar-refractivity contribution is 7.96. The van der Waals surface area contributed by atoms with E-state index in [0.717, 1.165) is 32.1 Å². The van der Waals surface area contributed by atoms with E-state index in [2.05, 4.69) is 9.37 Å². The Balaban J connectivity index is 1.50. The summed E-state index contributed by atoms with van der Waals surface area (Å²) < 4.78 is 47.6. The Labute approximate surface area is 181 Å². The second-order valence-corrected chi connectivity index (χ2v) is 9.46. The first-order valence-electron chi connectivity index (χ1n) is 10.4. The molecule has 31 heavy (non-hydrogen) atoms. The van der Waals surface area contributed by atoms with Crippen LogP contribution in [0, 0.1) is 23.7 Å². The van der Waals surface area contributed by atoms with E-state index in [0.29, 0.717) is 12.8 Å². The van der Waals surface area contributed by atoms with Crippen molar-refractivity contribution in [2.45, 2.75) is 74.9 Å². The van der Waals surface area contributed by atoms with Crippen LogP contribution in [0.5, 0.6) is 0 Å². The summed E-state index contributed by atoms with van der Waals surface area (Å²) in [6.45, 7) is 1.95. The van der Waals surface area contributed by atoms with Crippen LogP contribution in [0.2, 0.25) is 0 Å². The minimum atomic E-state index is -4.18. The van der Waals surface area contributed by atoms with E-state index in [1.165, 1.54) is 0 Å². The number of alkyl halides is 2. The van der Waals surface area contributed by atoms with E-state index in [9.17, 15) is 23.2 Å². The maximum Gasteiger partial charge on any atom is 0.415 e. The van der Waals surface area contributed by atoms with Gasteiger partial charge in [0.25, 0.3) is 0 Å². The molecule has 0 radical (unpaired) electrons. The predicted molar refractivity (Wildman–Crippen MR) is 97.9 cm³/mol. The Hall–Kier alpha value is -1.50. The van der Waals surface area contributed by atoms with Crippen LogP contribution in [0.25, 0.3) is 0 Å². The summed E-state index contributed by atoms with van der Waals surface area (Å²) in [6.07, 6.45) is 3.35. The highest BCUT2D eigenvalue weighted by atomic mass is 32.2. The molecule has 1 aliphatic heterocycles. The van der Waals surface area contributed by atoms with Gasteiger partial charge in [0.05, 0.1) is 11.8 Å². The van der Waals surface area contributed by atoms with Crippen molar-refractivity contribution in [2.24, 2.45) is 23.7 Å². The van der Waals surface area contributed by atoms with Gasteiger partial charge in [-0.05, 0) is 38.5 Å². The fourth-order valence-electron chi connectivity index (χ4n) is 5.76. The molecule has 4 fully saturated rings. The quantitative estimate of drug-likeness (QED) is 0.188. The van der Waals surface area contributed by atoms with E-state index < -0.39 is 76.7 Å². The van der Waals surface area contributed by atoms with Crippen LogP contribution in [0.1, 0.15) is 51.9 Å². The number of hydrogen-bond donors (Lipinski definition) is 1. The molecule has 0 aromatic carbocycles. The Morgan fingerprint density at radius 2 is 1.97 bits per heavy atom. The first kappa shape index (κ1) is 22.7. The van der Waals surface area contributed by atoms with Crippen molar-refractivity contribution in [2.75, 3.05) is 0 Å². The minimum absolute atomic E-state index is 0.340. The lowest BCUT2D eigenvalue weighted by Gasteiger charge is -2.38. The van der Waals surface area contributed by atoms with Crippen LogP contribution in [-0.4, -0.2) is 46.2 Å². The van der Waals surface area contributed by atoms with Gasteiger partial charge in [0.2, 0.25) is 0 Å². The molecular weight excluding hydrogens is 442 g/mol. The maximum absolute atomic E-state index is 13.9. The van der Waals surface area contributed by atoms with Crippen molar-refractivity contribution >= 4 is 30.0 Å². The lowest BCUT2D eigenvalue weighted by Crippen LogP contribution is -2.47. The molecule has 6 unspecified atom stereocenters. The third-order valence-electron chi connectivity index (χ3n) is 7.19. The molecule has 3 saturated carbocycles. The second kappa shape index (κ2) is 8.45. The SMILES string of the molecule is CCC1(OC(=O)C2C3CC4C(OC(=O)C42)C3OC(=O)C(F)(F)SOOO)CCCCC1. The number of rotatable bonds is 8. The van der Waals surface area contributed by atoms with E-state index in [1.807, 2.05) is 6.92 Å². The summed E-state index contributed by atoms with van der Waals surface area (Å²) in [5, 5.41) is 6.94. The monoisotopic (exact) mass is 466 g/mol. The predicted octanol–water partition coefficient (Wildman–Crippen LogP) is 3.02. The summed E-state index contributed by atoms with van der Waals surface area (Å²) >= 11 is -0.737. The standard InChI is InChI=1S/C19H24F2O9S/c1-2-18(6-4-3-5-7-18)28-16(23)12-10-8-9-11(12)15(22)26-13(9)14(10)27-17(24)19(20,21)31-30-29-25/h9-14,25H,2-8H2,1H3. The van der Waals surface area contributed by atoms with Crippen molar-refractivity contribution in [3.05, 3.63) is 0 Å². The summed E-state index contributed by atoms with van der Waals surface area (Å²) in [5.74, 6) is -5.76. The number of esters is 3. The van der Waals surface area contributed by atoms with Gasteiger partial charge in [0.15, 0.2) is 0 Å². The summed E-state index contributed by atoms with van der Waals surface area (Å²) in [5.41, 5.74) is -0.587. The first-order valence-corrected chi connectivity index (χ1v) is 11.2. The fourth-order valence-corrected chi connectivity index (χ4v) is 5.99. The van der Waals surface area contributed by atoms with Gasteiger partial charge < -0.3 is 14.2 Å². The zero-order valence-electron chi connectivity index (χ0n) is 16.8. The number of fused-ring (bicyclic) bond motifs is 1. The molecule has 9 nitrogen and oxygen atoms in total. The molecule has 4 rings (SSSR count). The van der Waals surface area contributed by atoms with E-state index >= 15 is 0 Å². The van der Waals surface area contributed by atoms with Crippen molar-refractivity contribution in [1.29, 1.82) is 0 Å². The van der Waals surface area contributed by atoms with Crippen LogP contribution in [-0.2, 0) is 38.0 Å². The average molecular weight is 466 g/mol. The minimum Gasteiger partial charge on any atom is -0.459 e. The Morgan fingerprint density at radius 3 is 2.61 bits per heavy atom. The Kier molecular flexibility index (Phi) is 6.18. The van der Waals surface area contributed by atoms with E-state index in [-0.39, 0.29) is 0 Å². The van der Waals surface area contributed by atoms with Gasteiger partial charge >= 0.3 is 23.2 Å². The largest absolute Gasteiger partial charge is 0.459 e. The summed E-state index contributed by atoms with van der Waals surface area (Å²) in [7, 11) is 0. The molecular formula is C19H24F2O9S. The number of hydrogen-bond acceptors (Lipinski definition) is 10. The maximum atomic E-state index is 13.9. The van der Waals surface area contributed by atoms with Gasteiger partial charge in [-0.2, -0.15) is 8.78 Å².